The Morgan fingerprint density at radius 3 is 2.79 bits per heavy atom. The Bertz CT molecular complexity index is 427. The van der Waals surface area contributed by atoms with Crippen LogP contribution in [0.4, 0.5) is 0 Å². The molecule has 0 aliphatic carbocycles. The van der Waals surface area contributed by atoms with Crippen molar-refractivity contribution in [2.24, 2.45) is 0 Å². The molecule has 0 atom stereocenters. The van der Waals surface area contributed by atoms with Gasteiger partial charge in [0, 0.05) is 11.8 Å². The van der Waals surface area contributed by atoms with E-state index in [1.165, 1.54) is 0 Å². The summed E-state index contributed by atoms with van der Waals surface area (Å²) in [4.78, 5) is 0. The van der Waals surface area contributed by atoms with Gasteiger partial charge in [-0.1, -0.05) is 5.16 Å². The largest absolute Gasteiger partial charge is 0.361 e. The molecular weight excluding hydrogens is 246 g/mol. The zero-order chi connectivity index (χ0) is 10.1. The number of hydrogen-bond acceptors (Lipinski definition) is 3. The zero-order valence-corrected chi connectivity index (χ0v) is 9.58. The lowest BCUT2D eigenvalue weighted by atomic mass is 10.2. The summed E-state index contributed by atoms with van der Waals surface area (Å²) >= 11 is 3.30. The number of hydrogen-bond donors (Lipinski definition) is 0. The van der Waals surface area contributed by atoms with Crippen LogP contribution in [-0.2, 0) is 6.54 Å². The molecule has 0 bridgehead atoms. The van der Waals surface area contributed by atoms with Crippen molar-refractivity contribution in [2.75, 3.05) is 0 Å². The second kappa shape index (κ2) is 3.57. The number of rotatable bonds is 2. The molecule has 0 unspecified atom stereocenters. The third-order valence-corrected chi connectivity index (χ3v) is 2.53. The summed E-state index contributed by atoms with van der Waals surface area (Å²) in [6.45, 7) is 4.55. The number of aromatic nitrogens is 3. The SMILES string of the molecule is Cc1noc(C)c1Cn1ccc(Br)n1. The summed E-state index contributed by atoms with van der Waals surface area (Å²) in [5.74, 6) is 0.856. The molecule has 0 aliphatic heterocycles. The Labute approximate surface area is 90.0 Å². The molecular formula is C9H10BrN3O. The van der Waals surface area contributed by atoms with Crippen LogP contribution in [0.5, 0.6) is 0 Å². The van der Waals surface area contributed by atoms with E-state index >= 15 is 0 Å². The molecule has 0 radical (unpaired) electrons. The van der Waals surface area contributed by atoms with Crippen LogP contribution in [0.1, 0.15) is 17.0 Å². The maximum atomic E-state index is 5.07. The van der Waals surface area contributed by atoms with E-state index in [0.29, 0.717) is 6.54 Å². The van der Waals surface area contributed by atoms with Crippen molar-refractivity contribution in [3.63, 3.8) is 0 Å². The third kappa shape index (κ3) is 1.72. The van der Waals surface area contributed by atoms with E-state index in [1.807, 2.05) is 30.8 Å². The van der Waals surface area contributed by atoms with E-state index in [4.69, 9.17) is 4.52 Å². The molecule has 0 aromatic carbocycles. The highest BCUT2D eigenvalue weighted by molar-refractivity contribution is 9.10. The van der Waals surface area contributed by atoms with Gasteiger partial charge in [-0.2, -0.15) is 5.10 Å². The van der Waals surface area contributed by atoms with Gasteiger partial charge in [-0.25, -0.2) is 0 Å². The molecule has 2 rings (SSSR count). The highest BCUT2D eigenvalue weighted by Crippen LogP contribution is 2.14. The van der Waals surface area contributed by atoms with Gasteiger partial charge in [0.05, 0.1) is 12.2 Å². The van der Waals surface area contributed by atoms with Crippen LogP contribution in [-0.4, -0.2) is 14.9 Å². The smallest absolute Gasteiger partial charge is 0.138 e. The van der Waals surface area contributed by atoms with E-state index in [1.54, 1.807) is 0 Å². The first-order valence-corrected chi connectivity index (χ1v) is 5.07. The molecule has 0 aliphatic rings. The first kappa shape index (κ1) is 9.45. The van der Waals surface area contributed by atoms with Gasteiger partial charge in [-0.3, -0.25) is 4.68 Å². The number of halogens is 1. The Hall–Kier alpha value is -1.10. The molecule has 14 heavy (non-hydrogen) atoms. The van der Waals surface area contributed by atoms with E-state index in [0.717, 1.165) is 21.6 Å². The lowest BCUT2D eigenvalue weighted by molar-refractivity contribution is 0.391. The molecule has 0 N–H and O–H groups in total. The summed E-state index contributed by atoms with van der Waals surface area (Å²) in [5.41, 5.74) is 2.02. The van der Waals surface area contributed by atoms with E-state index in [2.05, 4.69) is 26.2 Å². The summed E-state index contributed by atoms with van der Waals surface area (Å²) in [6.07, 6.45) is 1.91. The molecule has 74 valence electrons. The number of nitrogens with zero attached hydrogens (tertiary/aromatic N) is 3. The highest BCUT2D eigenvalue weighted by atomic mass is 79.9. The maximum Gasteiger partial charge on any atom is 0.138 e. The normalized spacial score (nSPS) is 10.8. The van der Waals surface area contributed by atoms with Gasteiger partial charge in [0.15, 0.2) is 0 Å². The minimum Gasteiger partial charge on any atom is -0.361 e. The van der Waals surface area contributed by atoms with Crippen molar-refractivity contribution >= 4 is 15.9 Å². The van der Waals surface area contributed by atoms with Gasteiger partial charge >= 0.3 is 0 Å². The van der Waals surface area contributed by atoms with Crippen molar-refractivity contribution in [2.45, 2.75) is 20.4 Å². The standard InChI is InChI=1S/C9H10BrN3O/c1-6-8(7(2)14-12-6)5-13-4-3-9(10)11-13/h3-4H,5H2,1-2H3. The second-order valence-corrected chi connectivity index (χ2v) is 3.95. The predicted octanol–water partition coefficient (Wildman–Crippen LogP) is 2.30. The Kier molecular flexibility index (Phi) is 2.41. The van der Waals surface area contributed by atoms with E-state index < -0.39 is 0 Å². The Morgan fingerprint density at radius 2 is 2.29 bits per heavy atom. The lowest BCUT2D eigenvalue weighted by Gasteiger charge is -1.99. The fourth-order valence-corrected chi connectivity index (χ4v) is 1.64. The van der Waals surface area contributed by atoms with Crippen molar-refractivity contribution in [1.82, 2.24) is 14.9 Å². The molecule has 0 fully saturated rings. The summed E-state index contributed by atoms with van der Waals surface area (Å²) in [7, 11) is 0. The van der Waals surface area contributed by atoms with Crippen LogP contribution in [0.25, 0.3) is 0 Å². The minimum atomic E-state index is 0.701. The average molecular weight is 256 g/mol. The van der Waals surface area contributed by atoms with E-state index in [-0.39, 0.29) is 0 Å². The molecule has 2 aromatic rings. The Balaban J connectivity index is 2.26. The van der Waals surface area contributed by atoms with Crippen LogP contribution < -0.4 is 0 Å². The van der Waals surface area contributed by atoms with Gasteiger partial charge in [0.2, 0.25) is 0 Å². The highest BCUT2D eigenvalue weighted by Gasteiger charge is 2.09. The second-order valence-electron chi connectivity index (χ2n) is 3.14. The fraction of sp³-hybridized carbons (Fsp3) is 0.333. The molecule has 2 aromatic heterocycles. The van der Waals surface area contributed by atoms with Crippen LogP contribution in [0.15, 0.2) is 21.4 Å². The monoisotopic (exact) mass is 255 g/mol. The summed E-state index contributed by atoms with van der Waals surface area (Å²) in [5, 5.41) is 8.12. The molecule has 0 amide bonds. The number of aryl methyl sites for hydroxylation is 2. The van der Waals surface area contributed by atoms with E-state index in [9.17, 15) is 0 Å². The zero-order valence-electron chi connectivity index (χ0n) is 7.99. The summed E-state index contributed by atoms with van der Waals surface area (Å²) < 4.78 is 7.75. The topological polar surface area (TPSA) is 43.9 Å². The predicted molar refractivity (Wildman–Crippen MR) is 55.0 cm³/mol. The quantitative estimate of drug-likeness (QED) is 0.828. The van der Waals surface area contributed by atoms with Gasteiger partial charge in [0.25, 0.3) is 0 Å². The van der Waals surface area contributed by atoms with Crippen molar-refractivity contribution in [3.8, 4) is 0 Å². The van der Waals surface area contributed by atoms with Crippen LogP contribution in [0, 0.1) is 13.8 Å². The fourth-order valence-electron chi connectivity index (χ4n) is 1.31. The lowest BCUT2D eigenvalue weighted by Crippen LogP contribution is -2.01. The van der Waals surface area contributed by atoms with Crippen LogP contribution in [0.3, 0.4) is 0 Å². The molecule has 4 nitrogen and oxygen atoms in total. The molecule has 0 saturated heterocycles. The van der Waals surface area contributed by atoms with Gasteiger partial charge < -0.3 is 4.52 Å². The molecule has 0 saturated carbocycles. The van der Waals surface area contributed by atoms with Crippen molar-refractivity contribution in [1.29, 1.82) is 0 Å². The van der Waals surface area contributed by atoms with Crippen LogP contribution >= 0.6 is 15.9 Å². The van der Waals surface area contributed by atoms with Gasteiger partial charge in [0.1, 0.15) is 10.4 Å². The first-order valence-electron chi connectivity index (χ1n) is 4.27. The average Bonchev–Trinajstić information content (AvgIpc) is 2.67. The molecule has 0 spiro atoms. The molecule has 5 heteroatoms. The molecule has 2 heterocycles. The van der Waals surface area contributed by atoms with Crippen LogP contribution in [0.2, 0.25) is 0 Å². The van der Waals surface area contributed by atoms with Crippen molar-refractivity contribution < 1.29 is 4.52 Å². The third-order valence-electron chi connectivity index (χ3n) is 2.11. The Morgan fingerprint density at radius 1 is 1.50 bits per heavy atom. The minimum absolute atomic E-state index is 0.701. The van der Waals surface area contributed by atoms with Gasteiger partial charge in [-0.15, -0.1) is 0 Å². The first-order chi connectivity index (χ1) is 6.66. The summed E-state index contributed by atoms with van der Waals surface area (Å²) in [6, 6.07) is 1.90. The van der Waals surface area contributed by atoms with Gasteiger partial charge in [-0.05, 0) is 35.8 Å². The maximum absolute atomic E-state index is 5.07. The van der Waals surface area contributed by atoms with Crippen molar-refractivity contribution in [3.05, 3.63) is 33.9 Å².